The van der Waals surface area contributed by atoms with Crippen molar-refractivity contribution in [2.45, 2.75) is 38.6 Å². The number of hydrogen-bond donors (Lipinski definition) is 1. The van der Waals surface area contributed by atoms with Gasteiger partial charge in [-0.05, 0) is 38.5 Å². The number of nitrogens with zero attached hydrogens (tertiary/aromatic N) is 2. The van der Waals surface area contributed by atoms with Crippen molar-refractivity contribution < 1.29 is 14.3 Å². The zero-order chi connectivity index (χ0) is 17.1. The first kappa shape index (κ1) is 15.3. The Bertz CT molecular complexity index is 838. The highest BCUT2D eigenvalue weighted by Gasteiger charge is 2.33. The van der Waals surface area contributed by atoms with Crippen LogP contribution in [-0.2, 0) is 10.3 Å². The maximum Gasteiger partial charge on any atom is 0.231 e. The fraction of sp³-hybridized carbons (Fsp3) is 0.412. The first-order valence-electron chi connectivity index (χ1n) is 7.82. The molecule has 0 fully saturated rings. The SMILES string of the molecule is CC(C)(C)n1ncc2c1NC(=O)C[C@@H]2c1cc(Cl)c2c(c1)OCO2. The third-order valence-electron chi connectivity index (χ3n) is 4.31. The van der Waals surface area contributed by atoms with Crippen LogP contribution in [-0.4, -0.2) is 22.5 Å². The van der Waals surface area contributed by atoms with E-state index in [1.807, 2.05) is 43.8 Å². The number of aromatic nitrogens is 2. The van der Waals surface area contributed by atoms with Crippen LogP contribution in [0.1, 0.15) is 44.2 Å². The Balaban J connectivity index is 1.83. The first-order chi connectivity index (χ1) is 11.3. The van der Waals surface area contributed by atoms with Gasteiger partial charge in [-0.15, -0.1) is 0 Å². The summed E-state index contributed by atoms with van der Waals surface area (Å²) >= 11 is 6.31. The molecule has 3 heterocycles. The molecule has 0 radical (unpaired) electrons. The summed E-state index contributed by atoms with van der Waals surface area (Å²) < 4.78 is 12.7. The third kappa shape index (κ3) is 2.33. The number of halogens is 1. The molecule has 2 aliphatic rings. The molecule has 6 nitrogen and oxygen atoms in total. The van der Waals surface area contributed by atoms with Crippen LogP contribution in [0.15, 0.2) is 18.3 Å². The third-order valence-corrected chi connectivity index (χ3v) is 4.59. The maximum absolute atomic E-state index is 12.3. The Labute approximate surface area is 144 Å². The molecule has 1 amide bonds. The molecule has 1 N–H and O–H groups in total. The molecule has 7 heteroatoms. The van der Waals surface area contributed by atoms with E-state index >= 15 is 0 Å². The average Bonchev–Trinajstić information content (AvgIpc) is 3.11. The molecule has 1 atom stereocenters. The molecule has 4 rings (SSSR count). The second-order valence-electron chi connectivity index (χ2n) is 7.07. The molecule has 0 saturated heterocycles. The zero-order valence-electron chi connectivity index (χ0n) is 13.7. The summed E-state index contributed by atoms with van der Waals surface area (Å²) in [6.07, 6.45) is 2.17. The number of carbonyl (C=O) groups is 1. The lowest BCUT2D eigenvalue weighted by Crippen LogP contribution is -2.30. The minimum Gasteiger partial charge on any atom is -0.454 e. The molecule has 2 aromatic rings. The molecular weight excluding hydrogens is 330 g/mol. The molecule has 24 heavy (non-hydrogen) atoms. The maximum atomic E-state index is 12.3. The Morgan fingerprint density at radius 3 is 2.88 bits per heavy atom. The highest BCUT2D eigenvalue weighted by atomic mass is 35.5. The van der Waals surface area contributed by atoms with Gasteiger partial charge in [-0.25, -0.2) is 4.68 Å². The largest absolute Gasteiger partial charge is 0.454 e. The summed E-state index contributed by atoms with van der Waals surface area (Å²) in [6, 6.07) is 3.74. The minimum absolute atomic E-state index is 0.0349. The van der Waals surface area contributed by atoms with Crippen molar-refractivity contribution in [2.24, 2.45) is 0 Å². The summed E-state index contributed by atoms with van der Waals surface area (Å²) in [7, 11) is 0. The van der Waals surface area contributed by atoms with Gasteiger partial charge in [0, 0.05) is 17.9 Å². The lowest BCUT2D eigenvalue weighted by Gasteiger charge is -2.28. The van der Waals surface area contributed by atoms with Gasteiger partial charge in [0.15, 0.2) is 11.5 Å². The van der Waals surface area contributed by atoms with Crippen molar-refractivity contribution in [3.05, 3.63) is 34.5 Å². The van der Waals surface area contributed by atoms with Crippen LogP contribution >= 0.6 is 11.6 Å². The van der Waals surface area contributed by atoms with E-state index in [0.29, 0.717) is 22.9 Å². The van der Waals surface area contributed by atoms with Gasteiger partial charge in [-0.3, -0.25) is 4.79 Å². The van der Waals surface area contributed by atoms with Crippen molar-refractivity contribution >= 4 is 23.3 Å². The number of amides is 1. The standard InChI is InChI=1S/C17H18ClN3O3/c1-17(2,3)21-16-11(7-19-21)10(6-14(22)20-16)9-4-12(18)15-13(5-9)23-8-24-15/h4-5,7,10H,6,8H2,1-3H3,(H,20,22)/t10-/m1/s1. The van der Waals surface area contributed by atoms with E-state index in [4.69, 9.17) is 21.1 Å². The summed E-state index contributed by atoms with van der Waals surface area (Å²) in [5.74, 6) is 1.78. The van der Waals surface area contributed by atoms with Crippen molar-refractivity contribution in [1.29, 1.82) is 0 Å². The van der Waals surface area contributed by atoms with Crippen LogP contribution in [0.5, 0.6) is 11.5 Å². The minimum atomic E-state index is -0.227. The van der Waals surface area contributed by atoms with Gasteiger partial charge in [-0.2, -0.15) is 5.10 Å². The van der Waals surface area contributed by atoms with Crippen molar-refractivity contribution in [3.63, 3.8) is 0 Å². The van der Waals surface area contributed by atoms with E-state index in [0.717, 1.165) is 16.9 Å². The van der Waals surface area contributed by atoms with E-state index < -0.39 is 0 Å². The van der Waals surface area contributed by atoms with E-state index in [9.17, 15) is 4.79 Å². The molecule has 0 spiro atoms. The number of carbonyl (C=O) groups excluding carboxylic acids is 1. The molecule has 1 aromatic heterocycles. The number of nitrogens with one attached hydrogen (secondary N) is 1. The summed E-state index contributed by atoms with van der Waals surface area (Å²) in [4.78, 5) is 12.3. The number of ether oxygens (including phenoxy) is 2. The molecule has 0 saturated carbocycles. The van der Waals surface area contributed by atoms with E-state index in [1.54, 1.807) is 0 Å². The lowest BCUT2D eigenvalue weighted by atomic mass is 9.87. The van der Waals surface area contributed by atoms with Gasteiger partial charge < -0.3 is 14.8 Å². The van der Waals surface area contributed by atoms with Crippen LogP contribution in [0.3, 0.4) is 0 Å². The molecule has 126 valence electrons. The quantitative estimate of drug-likeness (QED) is 0.857. The lowest BCUT2D eigenvalue weighted by molar-refractivity contribution is -0.116. The van der Waals surface area contributed by atoms with Crippen molar-refractivity contribution in [1.82, 2.24) is 9.78 Å². The van der Waals surface area contributed by atoms with Gasteiger partial charge in [0.2, 0.25) is 12.7 Å². The molecule has 0 aliphatic carbocycles. The fourth-order valence-electron chi connectivity index (χ4n) is 3.21. The Kier molecular flexibility index (Phi) is 3.28. The van der Waals surface area contributed by atoms with E-state index in [2.05, 4.69) is 10.4 Å². The normalized spacial score (nSPS) is 19.2. The predicted molar refractivity (Wildman–Crippen MR) is 89.9 cm³/mol. The van der Waals surface area contributed by atoms with Crippen LogP contribution in [0.25, 0.3) is 0 Å². The monoisotopic (exact) mass is 347 g/mol. The van der Waals surface area contributed by atoms with Gasteiger partial charge in [0.05, 0.1) is 16.8 Å². The zero-order valence-corrected chi connectivity index (χ0v) is 14.5. The van der Waals surface area contributed by atoms with Crippen LogP contribution < -0.4 is 14.8 Å². The van der Waals surface area contributed by atoms with Crippen molar-refractivity contribution in [3.8, 4) is 11.5 Å². The van der Waals surface area contributed by atoms with Gasteiger partial charge in [0.25, 0.3) is 0 Å². The Hall–Kier alpha value is -2.21. The smallest absolute Gasteiger partial charge is 0.231 e. The number of hydrogen-bond acceptors (Lipinski definition) is 4. The Morgan fingerprint density at radius 2 is 2.12 bits per heavy atom. The van der Waals surface area contributed by atoms with Crippen LogP contribution in [0, 0.1) is 0 Å². The average molecular weight is 348 g/mol. The predicted octanol–water partition coefficient (Wildman–Crippen LogP) is 3.49. The van der Waals surface area contributed by atoms with Crippen molar-refractivity contribution in [2.75, 3.05) is 12.1 Å². The molecule has 0 unspecified atom stereocenters. The van der Waals surface area contributed by atoms with Gasteiger partial charge in [0.1, 0.15) is 5.82 Å². The topological polar surface area (TPSA) is 65.4 Å². The highest BCUT2D eigenvalue weighted by molar-refractivity contribution is 6.32. The van der Waals surface area contributed by atoms with Gasteiger partial charge in [-0.1, -0.05) is 11.6 Å². The van der Waals surface area contributed by atoms with Crippen LogP contribution in [0.2, 0.25) is 5.02 Å². The summed E-state index contributed by atoms with van der Waals surface area (Å²) in [5, 5.41) is 7.94. The van der Waals surface area contributed by atoms with E-state index in [-0.39, 0.29) is 24.2 Å². The summed E-state index contributed by atoms with van der Waals surface area (Å²) in [5.41, 5.74) is 1.68. The highest BCUT2D eigenvalue weighted by Crippen LogP contribution is 2.45. The number of rotatable bonds is 1. The van der Waals surface area contributed by atoms with Gasteiger partial charge >= 0.3 is 0 Å². The molecule has 2 aliphatic heterocycles. The fourth-order valence-corrected chi connectivity index (χ4v) is 3.49. The second kappa shape index (κ2) is 5.14. The number of anilines is 1. The first-order valence-corrected chi connectivity index (χ1v) is 8.19. The summed E-state index contributed by atoms with van der Waals surface area (Å²) in [6.45, 7) is 6.31. The molecule has 1 aromatic carbocycles. The van der Waals surface area contributed by atoms with E-state index in [1.165, 1.54) is 0 Å². The molecular formula is C17H18ClN3O3. The number of fused-ring (bicyclic) bond motifs is 2. The Morgan fingerprint density at radius 1 is 1.33 bits per heavy atom. The molecule has 0 bridgehead atoms. The second-order valence-corrected chi connectivity index (χ2v) is 7.48. The van der Waals surface area contributed by atoms with Crippen LogP contribution in [0.4, 0.5) is 5.82 Å². The number of benzene rings is 1.